The van der Waals surface area contributed by atoms with Gasteiger partial charge in [0.25, 0.3) is 0 Å². The summed E-state index contributed by atoms with van der Waals surface area (Å²) in [5, 5.41) is 5.03. The number of carbonyl (C=O) groups is 1. The summed E-state index contributed by atoms with van der Waals surface area (Å²) in [5.74, 6) is -0.0632. The third-order valence-electron chi connectivity index (χ3n) is 3.97. The summed E-state index contributed by atoms with van der Waals surface area (Å²) in [6, 6.07) is 17.6. The maximum Gasteiger partial charge on any atom is 0.244 e. The van der Waals surface area contributed by atoms with Gasteiger partial charge in [-0.1, -0.05) is 22.0 Å². The van der Waals surface area contributed by atoms with Crippen molar-refractivity contribution in [1.82, 2.24) is 9.55 Å². The highest BCUT2D eigenvalue weighted by Crippen LogP contribution is 2.23. The van der Waals surface area contributed by atoms with Crippen molar-refractivity contribution in [2.24, 2.45) is 0 Å². The van der Waals surface area contributed by atoms with Crippen LogP contribution in [-0.4, -0.2) is 15.5 Å². The van der Waals surface area contributed by atoms with Crippen LogP contribution >= 0.6 is 15.9 Å². The maximum absolute atomic E-state index is 12.5. The number of benzene rings is 2. The van der Waals surface area contributed by atoms with Crippen LogP contribution in [0.3, 0.4) is 0 Å². The Morgan fingerprint density at radius 1 is 1.12 bits per heavy atom. The maximum atomic E-state index is 12.5. The third kappa shape index (κ3) is 2.78. The summed E-state index contributed by atoms with van der Waals surface area (Å²) in [5.41, 5.74) is 2.68. The van der Waals surface area contributed by atoms with Crippen LogP contribution in [0, 0.1) is 0 Å². The van der Waals surface area contributed by atoms with Gasteiger partial charge in [-0.3, -0.25) is 9.78 Å². The Morgan fingerprint density at radius 3 is 2.96 bits per heavy atom. The second-order valence-corrected chi connectivity index (χ2v) is 6.49. The van der Waals surface area contributed by atoms with Crippen molar-refractivity contribution in [3.8, 4) is 0 Å². The number of fused-ring (bicyclic) bond motifs is 2. The molecule has 24 heavy (non-hydrogen) atoms. The number of carbonyl (C=O) groups excluding carboxylic acids is 1. The summed E-state index contributed by atoms with van der Waals surface area (Å²) in [6.45, 7) is 0.266. The number of nitrogens with one attached hydrogen (secondary N) is 1. The molecule has 0 atom stereocenters. The van der Waals surface area contributed by atoms with Gasteiger partial charge in [-0.05, 0) is 48.5 Å². The van der Waals surface area contributed by atoms with E-state index >= 15 is 0 Å². The molecule has 0 bridgehead atoms. The van der Waals surface area contributed by atoms with Gasteiger partial charge in [0.1, 0.15) is 6.54 Å². The lowest BCUT2D eigenvalue weighted by Crippen LogP contribution is -2.18. The first-order chi connectivity index (χ1) is 11.7. The first-order valence-corrected chi connectivity index (χ1v) is 8.38. The molecule has 2 aromatic heterocycles. The van der Waals surface area contributed by atoms with Crippen LogP contribution in [0.5, 0.6) is 0 Å². The van der Waals surface area contributed by atoms with Gasteiger partial charge in [0.15, 0.2) is 0 Å². The zero-order chi connectivity index (χ0) is 16.5. The molecule has 0 radical (unpaired) electrons. The molecular formula is C19H14BrN3O. The number of amides is 1. The molecule has 4 aromatic rings. The molecule has 0 aliphatic heterocycles. The monoisotopic (exact) mass is 379 g/mol. The zero-order valence-corrected chi connectivity index (χ0v) is 14.3. The van der Waals surface area contributed by atoms with Crippen LogP contribution in [-0.2, 0) is 11.3 Å². The van der Waals surface area contributed by atoms with Gasteiger partial charge in [0, 0.05) is 33.2 Å². The van der Waals surface area contributed by atoms with E-state index in [2.05, 4.69) is 26.2 Å². The predicted molar refractivity (Wildman–Crippen MR) is 100 cm³/mol. The summed E-state index contributed by atoms with van der Waals surface area (Å²) >= 11 is 3.47. The van der Waals surface area contributed by atoms with E-state index in [9.17, 15) is 4.79 Å². The molecule has 1 N–H and O–H groups in total. The van der Waals surface area contributed by atoms with E-state index in [1.165, 1.54) is 0 Å². The summed E-state index contributed by atoms with van der Waals surface area (Å²) < 4.78 is 2.97. The van der Waals surface area contributed by atoms with Gasteiger partial charge in [0.05, 0.1) is 11.2 Å². The lowest BCUT2D eigenvalue weighted by Gasteiger charge is -2.10. The number of hydrogen-bond donors (Lipinski definition) is 1. The fraction of sp³-hybridized carbons (Fsp3) is 0.0526. The van der Waals surface area contributed by atoms with E-state index in [0.717, 1.165) is 32.0 Å². The summed E-state index contributed by atoms with van der Waals surface area (Å²) in [4.78, 5) is 16.8. The molecule has 0 unspecified atom stereocenters. The molecule has 0 fully saturated rings. The number of pyridine rings is 1. The molecule has 4 rings (SSSR count). The van der Waals surface area contributed by atoms with Crippen molar-refractivity contribution in [3.05, 3.63) is 71.5 Å². The van der Waals surface area contributed by atoms with Gasteiger partial charge >= 0.3 is 0 Å². The van der Waals surface area contributed by atoms with Crippen LogP contribution in [0.2, 0.25) is 0 Å². The van der Waals surface area contributed by atoms with E-state index in [0.29, 0.717) is 0 Å². The van der Waals surface area contributed by atoms with Crippen molar-refractivity contribution in [1.29, 1.82) is 0 Å². The first-order valence-electron chi connectivity index (χ1n) is 7.59. The molecule has 5 heteroatoms. The van der Waals surface area contributed by atoms with Crippen LogP contribution in [0.15, 0.2) is 71.5 Å². The molecule has 118 valence electrons. The number of rotatable bonds is 3. The number of halogens is 1. The van der Waals surface area contributed by atoms with Gasteiger partial charge in [-0.25, -0.2) is 0 Å². The molecule has 0 aliphatic carbocycles. The van der Waals surface area contributed by atoms with Crippen molar-refractivity contribution < 1.29 is 4.79 Å². The van der Waals surface area contributed by atoms with E-state index in [1.807, 2.05) is 65.4 Å². The molecule has 0 spiro atoms. The molecule has 2 aromatic carbocycles. The third-order valence-corrected chi connectivity index (χ3v) is 4.46. The number of aromatic nitrogens is 2. The van der Waals surface area contributed by atoms with Gasteiger partial charge in [-0.2, -0.15) is 0 Å². The minimum atomic E-state index is -0.0632. The van der Waals surface area contributed by atoms with Crippen LogP contribution in [0.1, 0.15) is 0 Å². The molecule has 0 aliphatic rings. The molecule has 0 saturated heterocycles. The van der Waals surface area contributed by atoms with Crippen molar-refractivity contribution >= 4 is 49.3 Å². The minimum absolute atomic E-state index is 0.0632. The fourth-order valence-electron chi connectivity index (χ4n) is 2.87. The van der Waals surface area contributed by atoms with Crippen molar-refractivity contribution in [2.45, 2.75) is 6.54 Å². The van der Waals surface area contributed by atoms with Gasteiger partial charge < -0.3 is 9.88 Å². The second-order valence-electron chi connectivity index (χ2n) is 5.57. The molecule has 0 saturated carbocycles. The summed E-state index contributed by atoms with van der Waals surface area (Å²) in [6.07, 6.45) is 3.68. The van der Waals surface area contributed by atoms with E-state index in [1.54, 1.807) is 6.20 Å². The Bertz CT molecular complexity index is 1050. The fourth-order valence-corrected chi connectivity index (χ4v) is 3.24. The lowest BCUT2D eigenvalue weighted by atomic mass is 10.2. The zero-order valence-electron chi connectivity index (χ0n) is 12.7. The minimum Gasteiger partial charge on any atom is -0.338 e. The summed E-state index contributed by atoms with van der Waals surface area (Å²) in [7, 11) is 0. The SMILES string of the molecule is O=C(Cn1ccc2cc(Br)ccc21)Nc1cccc2ncccc12. The number of nitrogens with zero attached hydrogens (tertiary/aromatic N) is 2. The highest BCUT2D eigenvalue weighted by molar-refractivity contribution is 9.10. The molecule has 1 amide bonds. The molecular weight excluding hydrogens is 366 g/mol. The smallest absolute Gasteiger partial charge is 0.244 e. The molecule has 2 heterocycles. The highest BCUT2D eigenvalue weighted by atomic mass is 79.9. The Kier molecular flexibility index (Phi) is 3.78. The number of anilines is 1. The highest BCUT2D eigenvalue weighted by Gasteiger charge is 2.09. The second kappa shape index (κ2) is 6.09. The predicted octanol–water partition coefficient (Wildman–Crippen LogP) is 4.59. The van der Waals surface area contributed by atoms with Crippen LogP contribution < -0.4 is 5.32 Å². The Morgan fingerprint density at radius 2 is 2.04 bits per heavy atom. The normalized spacial score (nSPS) is 11.0. The van der Waals surface area contributed by atoms with E-state index in [4.69, 9.17) is 0 Å². The average molecular weight is 380 g/mol. The van der Waals surface area contributed by atoms with Crippen molar-refractivity contribution in [2.75, 3.05) is 5.32 Å². The average Bonchev–Trinajstić information content (AvgIpc) is 2.97. The first kappa shape index (κ1) is 14.9. The topological polar surface area (TPSA) is 46.9 Å². The largest absolute Gasteiger partial charge is 0.338 e. The Labute approximate surface area is 147 Å². The van der Waals surface area contributed by atoms with Crippen LogP contribution in [0.4, 0.5) is 5.69 Å². The van der Waals surface area contributed by atoms with Crippen LogP contribution in [0.25, 0.3) is 21.8 Å². The van der Waals surface area contributed by atoms with E-state index in [-0.39, 0.29) is 12.5 Å². The Hall–Kier alpha value is -2.66. The Balaban J connectivity index is 1.60. The van der Waals surface area contributed by atoms with E-state index < -0.39 is 0 Å². The van der Waals surface area contributed by atoms with Gasteiger partial charge in [0.2, 0.25) is 5.91 Å². The number of hydrogen-bond acceptors (Lipinski definition) is 2. The standard InChI is InChI=1S/C19H14BrN3O/c20-14-6-7-18-13(11-14)8-10-23(18)12-19(24)22-17-5-1-4-16-15(17)3-2-9-21-16/h1-11H,12H2,(H,22,24). The van der Waals surface area contributed by atoms with Crippen molar-refractivity contribution in [3.63, 3.8) is 0 Å². The quantitative estimate of drug-likeness (QED) is 0.565. The van der Waals surface area contributed by atoms with Gasteiger partial charge in [-0.15, -0.1) is 0 Å². The molecule has 4 nitrogen and oxygen atoms in total. The lowest BCUT2D eigenvalue weighted by molar-refractivity contribution is -0.116.